The van der Waals surface area contributed by atoms with Crippen molar-refractivity contribution in [3.63, 3.8) is 0 Å². The van der Waals surface area contributed by atoms with Gasteiger partial charge in [0.25, 0.3) is 0 Å². The predicted molar refractivity (Wildman–Crippen MR) is 86.5 cm³/mol. The summed E-state index contributed by atoms with van der Waals surface area (Å²) in [6, 6.07) is 4.32. The van der Waals surface area contributed by atoms with E-state index in [4.69, 9.17) is 13.9 Å². The highest BCUT2D eigenvalue weighted by molar-refractivity contribution is 5.87. The van der Waals surface area contributed by atoms with Crippen LogP contribution in [-0.2, 0) is 33.5 Å². The van der Waals surface area contributed by atoms with Crippen LogP contribution in [0, 0.1) is 0 Å². The van der Waals surface area contributed by atoms with E-state index in [0.29, 0.717) is 6.61 Å². The maximum Gasteiger partial charge on any atom is 0.310 e. The van der Waals surface area contributed by atoms with Crippen molar-refractivity contribution in [1.82, 2.24) is 0 Å². The number of carbonyl (C=O) groups excluding carboxylic acids is 1. The molecule has 0 amide bonds. The summed E-state index contributed by atoms with van der Waals surface area (Å²) < 4.78 is 16.6. The van der Waals surface area contributed by atoms with Crippen molar-refractivity contribution in [2.24, 2.45) is 0 Å². The van der Waals surface area contributed by atoms with E-state index in [1.807, 2.05) is 0 Å². The molecule has 1 fully saturated rings. The van der Waals surface area contributed by atoms with Gasteiger partial charge in [0, 0.05) is 17.6 Å². The lowest BCUT2D eigenvalue weighted by Crippen LogP contribution is -2.26. The van der Waals surface area contributed by atoms with Gasteiger partial charge < -0.3 is 13.9 Å². The zero-order valence-electron chi connectivity index (χ0n) is 13.3. The third kappa shape index (κ3) is 3.13. The summed E-state index contributed by atoms with van der Waals surface area (Å²) in [6.45, 7) is 1.14. The molecular weight excluding hydrogens is 292 g/mol. The summed E-state index contributed by atoms with van der Waals surface area (Å²) in [5, 5.41) is 1.05. The summed E-state index contributed by atoms with van der Waals surface area (Å²) >= 11 is 0. The Hall–Kier alpha value is -1.81. The summed E-state index contributed by atoms with van der Waals surface area (Å²) in [4.78, 5) is 12.1. The van der Waals surface area contributed by atoms with E-state index >= 15 is 0 Å². The molecule has 1 aromatic carbocycles. The molecule has 0 spiro atoms. The first-order valence-corrected chi connectivity index (χ1v) is 8.59. The number of benzene rings is 1. The Labute approximate surface area is 135 Å². The molecule has 0 N–H and O–H groups in total. The number of esters is 1. The molecule has 122 valence electrons. The molecular formula is C19H22O4. The van der Waals surface area contributed by atoms with Crippen LogP contribution in [0.2, 0.25) is 0 Å². The number of fused-ring (bicyclic) bond motifs is 2. The number of carbonyl (C=O) groups is 1. The first-order valence-electron chi connectivity index (χ1n) is 8.59. The fourth-order valence-corrected chi connectivity index (χ4v) is 3.62. The molecule has 4 heteroatoms. The molecule has 0 saturated carbocycles. The average Bonchev–Trinajstić information content (AvgIpc) is 3.19. The Kier molecular flexibility index (Phi) is 4.08. The highest BCUT2D eigenvalue weighted by Gasteiger charge is 2.19. The summed E-state index contributed by atoms with van der Waals surface area (Å²) in [5.41, 5.74) is 4.58. The molecule has 2 aliphatic rings. The Morgan fingerprint density at radius 3 is 2.87 bits per heavy atom. The summed E-state index contributed by atoms with van der Waals surface area (Å²) in [7, 11) is 0. The number of hydrogen-bond acceptors (Lipinski definition) is 4. The number of aryl methyl sites for hydroxylation is 2. The van der Waals surface area contributed by atoms with Crippen LogP contribution in [0.25, 0.3) is 11.0 Å². The van der Waals surface area contributed by atoms with Crippen LogP contribution in [-0.4, -0.2) is 25.3 Å². The van der Waals surface area contributed by atoms with Crippen LogP contribution < -0.4 is 0 Å². The van der Waals surface area contributed by atoms with Gasteiger partial charge in [0.05, 0.1) is 18.8 Å². The van der Waals surface area contributed by atoms with Crippen LogP contribution >= 0.6 is 0 Å². The lowest BCUT2D eigenvalue weighted by molar-refractivity contribution is -0.148. The van der Waals surface area contributed by atoms with E-state index in [1.165, 1.54) is 17.5 Å². The standard InChI is InChI=1S/C19H22O4/c20-19(23-12-16-6-1-2-7-21-16)10-15-11-22-18-9-14-5-3-4-13(14)8-17(15)18/h8-9,11,16H,1-7,10,12H2. The van der Waals surface area contributed by atoms with E-state index in [9.17, 15) is 4.79 Å². The summed E-state index contributed by atoms with van der Waals surface area (Å²) in [6.07, 6.45) is 8.72. The SMILES string of the molecule is O=C(Cc1coc2cc3c(cc12)CCC3)OCC1CCCCO1. The minimum Gasteiger partial charge on any atom is -0.464 e. The first-order chi connectivity index (χ1) is 11.3. The number of ether oxygens (including phenoxy) is 2. The number of hydrogen-bond donors (Lipinski definition) is 0. The van der Waals surface area contributed by atoms with Crippen molar-refractivity contribution in [2.45, 2.75) is 51.0 Å². The quantitative estimate of drug-likeness (QED) is 0.809. The van der Waals surface area contributed by atoms with Gasteiger partial charge in [-0.05, 0) is 61.8 Å². The van der Waals surface area contributed by atoms with Crippen molar-refractivity contribution in [1.29, 1.82) is 0 Å². The van der Waals surface area contributed by atoms with Gasteiger partial charge >= 0.3 is 5.97 Å². The van der Waals surface area contributed by atoms with Crippen LogP contribution in [0.1, 0.15) is 42.4 Å². The minimum absolute atomic E-state index is 0.0667. The monoisotopic (exact) mass is 314 g/mol. The fraction of sp³-hybridized carbons (Fsp3) is 0.526. The maximum absolute atomic E-state index is 12.1. The highest BCUT2D eigenvalue weighted by Crippen LogP contribution is 2.30. The predicted octanol–water partition coefficient (Wildman–Crippen LogP) is 3.58. The van der Waals surface area contributed by atoms with Crippen LogP contribution in [0.15, 0.2) is 22.8 Å². The van der Waals surface area contributed by atoms with Gasteiger partial charge in [0.15, 0.2) is 0 Å². The lowest BCUT2D eigenvalue weighted by Gasteiger charge is -2.21. The third-order valence-corrected chi connectivity index (χ3v) is 4.91. The van der Waals surface area contributed by atoms with Gasteiger partial charge in [-0.1, -0.05) is 0 Å². The molecule has 2 aromatic rings. The average molecular weight is 314 g/mol. The van der Waals surface area contributed by atoms with Gasteiger partial charge in [0.1, 0.15) is 12.2 Å². The molecule has 0 radical (unpaired) electrons. The molecule has 1 aliphatic heterocycles. The Balaban J connectivity index is 1.42. The van der Waals surface area contributed by atoms with Crippen LogP contribution in [0.4, 0.5) is 0 Å². The van der Waals surface area contributed by atoms with E-state index in [-0.39, 0.29) is 18.5 Å². The second-order valence-electron chi connectivity index (χ2n) is 6.58. The van der Waals surface area contributed by atoms with Crippen LogP contribution in [0.5, 0.6) is 0 Å². The number of rotatable bonds is 4. The molecule has 1 aliphatic carbocycles. The fourth-order valence-electron chi connectivity index (χ4n) is 3.62. The smallest absolute Gasteiger partial charge is 0.310 e. The van der Waals surface area contributed by atoms with E-state index in [1.54, 1.807) is 6.26 Å². The van der Waals surface area contributed by atoms with E-state index in [2.05, 4.69) is 12.1 Å². The molecule has 1 saturated heterocycles. The zero-order valence-corrected chi connectivity index (χ0v) is 13.3. The molecule has 4 rings (SSSR count). The molecule has 2 heterocycles. The second-order valence-corrected chi connectivity index (χ2v) is 6.58. The summed E-state index contributed by atoms with van der Waals surface area (Å²) in [5.74, 6) is -0.206. The molecule has 4 nitrogen and oxygen atoms in total. The molecule has 23 heavy (non-hydrogen) atoms. The lowest BCUT2D eigenvalue weighted by atomic mass is 10.0. The van der Waals surface area contributed by atoms with Crippen LogP contribution in [0.3, 0.4) is 0 Å². The molecule has 0 bridgehead atoms. The van der Waals surface area contributed by atoms with E-state index in [0.717, 1.165) is 55.2 Å². The number of furan rings is 1. The third-order valence-electron chi connectivity index (χ3n) is 4.91. The Morgan fingerprint density at radius 2 is 2.04 bits per heavy atom. The van der Waals surface area contributed by atoms with Gasteiger partial charge in [-0.2, -0.15) is 0 Å². The molecule has 1 unspecified atom stereocenters. The first kappa shape index (κ1) is 14.8. The van der Waals surface area contributed by atoms with Gasteiger partial charge in [-0.3, -0.25) is 4.79 Å². The normalized spacial score (nSPS) is 20.6. The molecule has 1 aromatic heterocycles. The van der Waals surface area contributed by atoms with Gasteiger partial charge in [-0.25, -0.2) is 0 Å². The van der Waals surface area contributed by atoms with Crippen molar-refractivity contribution in [2.75, 3.05) is 13.2 Å². The molecule has 1 atom stereocenters. The largest absolute Gasteiger partial charge is 0.464 e. The topological polar surface area (TPSA) is 48.7 Å². The van der Waals surface area contributed by atoms with Crippen molar-refractivity contribution in [3.05, 3.63) is 35.1 Å². The van der Waals surface area contributed by atoms with Gasteiger partial charge in [-0.15, -0.1) is 0 Å². The maximum atomic E-state index is 12.1. The van der Waals surface area contributed by atoms with Crippen molar-refractivity contribution in [3.8, 4) is 0 Å². The Bertz CT molecular complexity index is 709. The second kappa shape index (κ2) is 6.36. The van der Waals surface area contributed by atoms with E-state index < -0.39 is 0 Å². The highest BCUT2D eigenvalue weighted by atomic mass is 16.6. The van der Waals surface area contributed by atoms with Gasteiger partial charge in [0.2, 0.25) is 0 Å². The Morgan fingerprint density at radius 1 is 1.17 bits per heavy atom. The zero-order chi connectivity index (χ0) is 15.6. The van der Waals surface area contributed by atoms with Crippen molar-refractivity contribution < 1.29 is 18.7 Å². The minimum atomic E-state index is -0.206. The van der Waals surface area contributed by atoms with Crippen molar-refractivity contribution >= 4 is 16.9 Å².